The quantitative estimate of drug-likeness (QED) is 0.250. The Balaban J connectivity index is 1.50. The number of ether oxygens (including phenoxy) is 1. The Morgan fingerprint density at radius 3 is 2.45 bits per heavy atom. The van der Waals surface area contributed by atoms with Crippen molar-refractivity contribution < 1.29 is 19.1 Å². The fourth-order valence-electron chi connectivity index (χ4n) is 3.33. The average molecular weight is 506 g/mol. The van der Waals surface area contributed by atoms with Gasteiger partial charge >= 0.3 is 7.60 Å². The Hall–Kier alpha value is -1.79. The maximum Gasteiger partial charge on any atom is 0.325 e. The third-order valence-corrected chi connectivity index (χ3v) is 7.30. The second-order valence-electron chi connectivity index (χ2n) is 7.93. The molecule has 0 spiro atoms. The van der Waals surface area contributed by atoms with Crippen LogP contribution in [0.25, 0.3) is 0 Å². The van der Waals surface area contributed by atoms with Gasteiger partial charge < -0.3 is 20.3 Å². The minimum absolute atomic E-state index is 0.167. The topological polar surface area (TPSA) is 92.8 Å². The fraction of sp³-hybridized carbons (Fsp3) is 0.280. The van der Waals surface area contributed by atoms with Crippen LogP contribution >= 0.6 is 31.0 Å². The number of rotatable bonds is 12. The summed E-state index contributed by atoms with van der Waals surface area (Å²) in [7, 11) is -3.99. The zero-order chi connectivity index (χ0) is 23.7. The van der Waals surface area contributed by atoms with E-state index in [1.807, 2.05) is 66.7 Å². The first-order chi connectivity index (χ1) is 15.8. The minimum Gasteiger partial charge on any atom is -0.489 e. The van der Waals surface area contributed by atoms with Crippen LogP contribution < -0.4 is 10.5 Å². The van der Waals surface area contributed by atoms with E-state index in [2.05, 4.69) is 6.07 Å². The van der Waals surface area contributed by atoms with Crippen molar-refractivity contribution in [1.29, 1.82) is 0 Å². The first kappa shape index (κ1) is 25.8. The maximum absolute atomic E-state index is 11.0. The molecule has 0 aliphatic rings. The lowest BCUT2D eigenvalue weighted by Gasteiger charge is -2.13. The van der Waals surface area contributed by atoms with Crippen LogP contribution in [0.3, 0.4) is 0 Å². The Morgan fingerprint density at radius 1 is 0.970 bits per heavy atom. The molecule has 0 saturated carbocycles. The van der Waals surface area contributed by atoms with Gasteiger partial charge in [-0.3, -0.25) is 4.57 Å². The molecule has 176 valence electrons. The Labute approximate surface area is 204 Å². The monoisotopic (exact) mass is 505 g/mol. The van der Waals surface area contributed by atoms with Gasteiger partial charge in [0.2, 0.25) is 0 Å². The Bertz CT molecular complexity index is 1080. The maximum atomic E-state index is 11.0. The molecule has 0 aromatic heterocycles. The van der Waals surface area contributed by atoms with Crippen molar-refractivity contribution in [2.75, 3.05) is 6.16 Å². The highest BCUT2D eigenvalue weighted by atomic mass is 35.5. The van der Waals surface area contributed by atoms with Crippen molar-refractivity contribution in [2.45, 2.75) is 48.1 Å². The van der Waals surface area contributed by atoms with E-state index in [-0.39, 0.29) is 12.2 Å². The highest BCUT2D eigenvalue weighted by molar-refractivity contribution is 7.99. The molecular formula is C25H29ClNO4PS. The molecule has 0 aliphatic heterocycles. The lowest BCUT2D eigenvalue weighted by Crippen LogP contribution is -2.21. The molecule has 1 atom stereocenters. The predicted molar refractivity (Wildman–Crippen MR) is 135 cm³/mol. The van der Waals surface area contributed by atoms with Gasteiger partial charge in [0.05, 0.1) is 6.16 Å². The molecule has 3 aromatic carbocycles. The van der Waals surface area contributed by atoms with E-state index in [1.165, 1.54) is 0 Å². The van der Waals surface area contributed by atoms with Gasteiger partial charge in [0, 0.05) is 20.9 Å². The Kier molecular flexibility index (Phi) is 9.87. The first-order valence-electron chi connectivity index (χ1n) is 10.8. The van der Waals surface area contributed by atoms with E-state index in [1.54, 1.807) is 11.8 Å². The van der Waals surface area contributed by atoms with Gasteiger partial charge in [-0.25, -0.2) is 0 Å². The molecule has 0 bridgehead atoms. The lowest BCUT2D eigenvalue weighted by atomic mass is 10.0. The van der Waals surface area contributed by atoms with Gasteiger partial charge in [0.1, 0.15) is 12.4 Å². The van der Waals surface area contributed by atoms with Crippen LogP contribution in [0.2, 0.25) is 5.02 Å². The zero-order valence-electron chi connectivity index (χ0n) is 18.3. The molecule has 0 saturated heterocycles. The number of halogens is 1. The van der Waals surface area contributed by atoms with Gasteiger partial charge in [0.15, 0.2) is 0 Å². The van der Waals surface area contributed by atoms with Crippen LogP contribution in [-0.4, -0.2) is 22.0 Å². The van der Waals surface area contributed by atoms with Crippen molar-refractivity contribution in [3.63, 3.8) is 0 Å². The highest BCUT2D eigenvalue weighted by Gasteiger charge is 2.15. The summed E-state index contributed by atoms with van der Waals surface area (Å²) < 4.78 is 16.9. The number of hydrogen-bond acceptors (Lipinski definition) is 4. The van der Waals surface area contributed by atoms with Gasteiger partial charge in [-0.2, -0.15) is 0 Å². The highest BCUT2D eigenvalue weighted by Crippen LogP contribution is 2.36. The van der Waals surface area contributed by atoms with Crippen LogP contribution in [0.4, 0.5) is 0 Å². The normalized spacial score (nSPS) is 12.5. The predicted octanol–water partition coefficient (Wildman–Crippen LogP) is 6.29. The molecule has 3 aromatic rings. The summed E-state index contributed by atoms with van der Waals surface area (Å²) in [6, 6.07) is 23.9. The summed E-state index contributed by atoms with van der Waals surface area (Å²) in [5, 5.41) is 0.709. The fourth-order valence-corrected chi connectivity index (χ4v) is 5.25. The molecule has 0 radical (unpaired) electrons. The van der Waals surface area contributed by atoms with Crippen molar-refractivity contribution in [2.24, 2.45) is 5.73 Å². The van der Waals surface area contributed by atoms with Gasteiger partial charge in [0.25, 0.3) is 0 Å². The largest absolute Gasteiger partial charge is 0.489 e. The van der Waals surface area contributed by atoms with Crippen molar-refractivity contribution in [3.05, 3.63) is 88.9 Å². The standard InChI is InChI=1S/C25H29ClNO4PS/c26-25-17-24(13-12-20(25)8-4-9-21(27)14-15-32(28,29)30)33-23-11-5-10-22(16-23)31-18-19-6-2-1-3-7-19/h1-3,5-7,10-13,16-17,21H,4,8-9,14-15,18,27H2,(H2,28,29,30). The molecule has 33 heavy (non-hydrogen) atoms. The molecule has 0 amide bonds. The summed E-state index contributed by atoms with van der Waals surface area (Å²) in [4.78, 5) is 20.0. The third kappa shape index (κ3) is 9.54. The molecule has 8 heteroatoms. The molecule has 0 fully saturated rings. The van der Waals surface area contributed by atoms with Crippen LogP contribution in [-0.2, 0) is 17.6 Å². The molecular weight excluding hydrogens is 477 g/mol. The lowest BCUT2D eigenvalue weighted by molar-refractivity contribution is 0.305. The zero-order valence-corrected chi connectivity index (χ0v) is 20.7. The second kappa shape index (κ2) is 12.6. The average Bonchev–Trinajstić information content (AvgIpc) is 2.78. The van der Waals surface area contributed by atoms with Gasteiger partial charge in [-0.05, 0) is 67.1 Å². The SMILES string of the molecule is NC(CCCc1ccc(Sc2cccc(OCc3ccccc3)c2)cc1Cl)CCP(=O)(O)O. The van der Waals surface area contributed by atoms with Crippen LogP contribution in [0, 0.1) is 0 Å². The smallest absolute Gasteiger partial charge is 0.325 e. The summed E-state index contributed by atoms with van der Waals surface area (Å²) in [5.74, 6) is 0.821. The van der Waals surface area contributed by atoms with Crippen molar-refractivity contribution in [1.82, 2.24) is 0 Å². The summed E-state index contributed by atoms with van der Waals surface area (Å²) in [5.41, 5.74) is 8.14. The molecule has 1 unspecified atom stereocenters. The third-order valence-electron chi connectivity index (χ3n) is 5.13. The molecule has 5 nitrogen and oxygen atoms in total. The summed E-state index contributed by atoms with van der Waals surface area (Å²) in [6.07, 6.45) is 2.44. The van der Waals surface area contributed by atoms with Gasteiger partial charge in [-0.1, -0.05) is 65.8 Å². The summed E-state index contributed by atoms with van der Waals surface area (Å²) in [6.45, 7) is 0.526. The van der Waals surface area contributed by atoms with Crippen molar-refractivity contribution >= 4 is 31.0 Å². The molecule has 4 N–H and O–H groups in total. The molecule has 3 rings (SSSR count). The summed E-state index contributed by atoms with van der Waals surface area (Å²) >= 11 is 8.13. The minimum atomic E-state index is -3.99. The number of aryl methyl sites for hydroxylation is 1. The van der Waals surface area contributed by atoms with E-state index < -0.39 is 7.60 Å². The number of benzene rings is 3. The first-order valence-corrected chi connectivity index (χ1v) is 13.8. The number of nitrogens with two attached hydrogens (primary N) is 1. The van der Waals surface area contributed by atoms with E-state index in [9.17, 15) is 4.57 Å². The van der Waals surface area contributed by atoms with E-state index in [0.717, 1.165) is 39.5 Å². The number of hydrogen-bond donors (Lipinski definition) is 3. The van der Waals surface area contributed by atoms with E-state index in [0.29, 0.717) is 24.5 Å². The van der Waals surface area contributed by atoms with Gasteiger partial charge in [-0.15, -0.1) is 0 Å². The molecule has 0 heterocycles. The van der Waals surface area contributed by atoms with Crippen LogP contribution in [0.1, 0.15) is 30.4 Å². The second-order valence-corrected chi connectivity index (χ2v) is 11.3. The Morgan fingerprint density at radius 2 is 1.73 bits per heavy atom. The van der Waals surface area contributed by atoms with Crippen molar-refractivity contribution in [3.8, 4) is 5.75 Å². The van der Waals surface area contributed by atoms with Crippen LogP contribution in [0.15, 0.2) is 82.6 Å². The van der Waals surface area contributed by atoms with E-state index in [4.69, 9.17) is 31.9 Å². The van der Waals surface area contributed by atoms with Crippen LogP contribution in [0.5, 0.6) is 5.75 Å². The van der Waals surface area contributed by atoms with E-state index >= 15 is 0 Å². The molecule has 0 aliphatic carbocycles.